The van der Waals surface area contributed by atoms with E-state index in [0.29, 0.717) is 12.5 Å². The Kier molecular flexibility index (Phi) is 3.96. The quantitative estimate of drug-likeness (QED) is 0.840. The van der Waals surface area contributed by atoms with Crippen molar-refractivity contribution in [3.05, 3.63) is 24.0 Å². The van der Waals surface area contributed by atoms with Crippen molar-refractivity contribution in [1.29, 1.82) is 5.26 Å². The molecule has 0 aromatic carbocycles. The molecule has 1 aliphatic heterocycles. The number of hydrogen-bond acceptors (Lipinski definition) is 4. The van der Waals surface area contributed by atoms with Crippen molar-refractivity contribution < 1.29 is 8.42 Å². The van der Waals surface area contributed by atoms with Crippen molar-refractivity contribution in [2.45, 2.75) is 49.5 Å². The minimum atomic E-state index is -3.50. The molecule has 0 radical (unpaired) electrons. The van der Waals surface area contributed by atoms with Crippen LogP contribution in [0.1, 0.15) is 44.2 Å². The van der Waals surface area contributed by atoms with Gasteiger partial charge in [0.05, 0.1) is 0 Å². The van der Waals surface area contributed by atoms with E-state index in [-0.39, 0.29) is 16.6 Å². The summed E-state index contributed by atoms with van der Waals surface area (Å²) >= 11 is 0. The summed E-state index contributed by atoms with van der Waals surface area (Å²) in [6, 6.07) is 5.02. The monoisotopic (exact) mass is 305 g/mol. The third kappa shape index (κ3) is 2.68. The van der Waals surface area contributed by atoms with E-state index in [2.05, 4.69) is 4.98 Å². The molecule has 1 aromatic rings. The zero-order valence-electron chi connectivity index (χ0n) is 11.9. The number of pyridine rings is 1. The fraction of sp³-hybridized carbons (Fsp3) is 0.600. The molecular formula is C15H19N3O2S. The second kappa shape index (κ2) is 5.74. The van der Waals surface area contributed by atoms with E-state index in [1.165, 1.54) is 24.8 Å². The van der Waals surface area contributed by atoms with Gasteiger partial charge in [0, 0.05) is 18.8 Å². The summed E-state index contributed by atoms with van der Waals surface area (Å²) in [5.41, 5.74) is 0.239. The third-order valence-corrected chi connectivity index (χ3v) is 6.56. The molecule has 21 heavy (non-hydrogen) atoms. The lowest BCUT2D eigenvalue weighted by Crippen LogP contribution is -2.49. The summed E-state index contributed by atoms with van der Waals surface area (Å²) in [5.74, 6) is 0.508. The van der Waals surface area contributed by atoms with Gasteiger partial charge in [-0.25, -0.2) is 13.4 Å². The molecule has 0 amide bonds. The summed E-state index contributed by atoms with van der Waals surface area (Å²) in [6.45, 7) is 0.601. The fourth-order valence-corrected chi connectivity index (χ4v) is 5.31. The highest BCUT2D eigenvalue weighted by atomic mass is 32.2. The van der Waals surface area contributed by atoms with Gasteiger partial charge in [-0.15, -0.1) is 0 Å². The second-order valence-electron chi connectivity index (χ2n) is 5.86. The number of nitriles is 1. The average Bonchev–Trinajstić information content (AvgIpc) is 2.54. The van der Waals surface area contributed by atoms with Crippen LogP contribution in [0.3, 0.4) is 0 Å². The highest BCUT2D eigenvalue weighted by Gasteiger charge is 2.39. The molecular weight excluding hydrogens is 286 g/mol. The van der Waals surface area contributed by atoms with E-state index in [1.807, 2.05) is 6.07 Å². The number of hydrogen-bond donors (Lipinski definition) is 0. The standard InChI is InChI=1S/C15H19N3O2S/c16-10-13-7-8-14(11-17-13)21(19,20)18-9-3-5-12-4-1-2-6-15(12)18/h7-8,11-12,15H,1-6,9H2. The predicted octanol–water partition coefficient (Wildman–Crippen LogP) is 2.30. The maximum Gasteiger partial charge on any atom is 0.244 e. The average molecular weight is 305 g/mol. The molecule has 2 unspecified atom stereocenters. The molecule has 1 saturated carbocycles. The lowest BCUT2D eigenvalue weighted by atomic mass is 9.79. The van der Waals surface area contributed by atoms with E-state index in [0.717, 1.165) is 32.1 Å². The number of piperidine rings is 1. The number of rotatable bonds is 2. The summed E-state index contributed by atoms with van der Waals surface area (Å²) in [5, 5.41) is 8.76. The Morgan fingerprint density at radius 3 is 2.67 bits per heavy atom. The molecule has 5 nitrogen and oxygen atoms in total. The number of fused-ring (bicyclic) bond motifs is 1. The normalized spacial score (nSPS) is 26.8. The summed E-state index contributed by atoms with van der Waals surface area (Å²) < 4.78 is 27.4. The van der Waals surface area contributed by atoms with E-state index in [9.17, 15) is 8.42 Å². The molecule has 112 valence electrons. The van der Waals surface area contributed by atoms with Gasteiger partial charge in [0.1, 0.15) is 16.7 Å². The van der Waals surface area contributed by atoms with Gasteiger partial charge < -0.3 is 0 Å². The third-order valence-electron chi connectivity index (χ3n) is 4.65. The van der Waals surface area contributed by atoms with E-state index >= 15 is 0 Å². The Hall–Kier alpha value is -1.45. The van der Waals surface area contributed by atoms with Crippen molar-refractivity contribution in [2.75, 3.05) is 6.54 Å². The second-order valence-corrected chi connectivity index (χ2v) is 7.75. The number of aromatic nitrogens is 1. The molecule has 2 atom stereocenters. The largest absolute Gasteiger partial charge is 0.244 e. The molecule has 6 heteroatoms. The summed E-state index contributed by atoms with van der Waals surface area (Å²) in [4.78, 5) is 4.10. The van der Waals surface area contributed by atoms with Gasteiger partial charge in [-0.3, -0.25) is 0 Å². The van der Waals surface area contributed by atoms with Crippen LogP contribution in [0.2, 0.25) is 0 Å². The Bertz CT molecular complexity index is 646. The van der Waals surface area contributed by atoms with Crippen LogP contribution in [0.4, 0.5) is 0 Å². The van der Waals surface area contributed by atoms with Gasteiger partial charge in [0.2, 0.25) is 10.0 Å². The molecule has 2 aliphatic rings. The zero-order chi connectivity index (χ0) is 14.9. The minimum absolute atomic E-state index is 0.146. The Labute approximate surface area is 125 Å². The first-order valence-corrected chi connectivity index (χ1v) is 8.95. The van der Waals surface area contributed by atoms with Crippen molar-refractivity contribution in [2.24, 2.45) is 5.92 Å². The molecule has 1 saturated heterocycles. The Balaban J connectivity index is 1.90. The minimum Gasteiger partial charge on any atom is -0.244 e. The smallest absolute Gasteiger partial charge is 0.244 e. The first-order valence-electron chi connectivity index (χ1n) is 7.51. The molecule has 3 rings (SSSR count). The molecule has 1 aromatic heterocycles. The Morgan fingerprint density at radius 2 is 1.95 bits per heavy atom. The highest BCUT2D eigenvalue weighted by molar-refractivity contribution is 7.89. The van der Waals surface area contributed by atoms with Crippen LogP contribution in [0, 0.1) is 17.2 Å². The fourth-order valence-electron chi connectivity index (χ4n) is 3.61. The SMILES string of the molecule is N#Cc1ccc(S(=O)(=O)N2CCCC3CCCCC32)cn1. The molecule has 1 aliphatic carbocycles. The Morgan fingerprint density at radius 1 is 1.19 bits per heavy atom. The zero-order valence-corrected chi connectivity index (χ0v) is 12.7. The molecule has 0 bridgehead atoms. The lowest BCUT2D eigenvalue weighted by molar-refractivity contribution is 0.129. The molecule has 2 fully saturated rings. The van der Waals surface area contributed by atoms with E-state index in [4.69, 9.17) is 5.26 Å². The van der Waals surface area contributed by atoms with Crippen LogP contribution in [-0.4, -0.2) is 30.3 Å². The van der Waals surface area contributed by atoms with E-state index in [1.54, 1.807) is 4.31 Å². The van der Waals surface area contributed by atoms with Crippen LogP contribution in [0.5, 0.6) is 0 Å². The number of nitrogens with zero attached hydrogens (tertiary/aromatic N) is 3. The topological polar surface area (TPSA) is 74.1 Å². The van der Waals surface area contributed by atoms with Gasteiger partial charge in [-0.2, -0.15) is 9.57 Å². The van der Waals surface area contributed by atoms with Crippen LogP contribution >= 0.6 is 0 Å². The van der Waals surface area contributed by atoms with Crippen LogP contribution in [0.15, 0.2) is 23.2 Å². The number of sulfonamides is 1. The summed E-state index contributed by atoms with van der Waals surface area (Å²) in [6.07, 6.45) is 7.81. The van der Waals surface area contributed by atoms with Crippen LogP contribution in [-0.2, 0) is 10.0 Å². The lowest BCUT2D eigenvalue weighted by Gasteiger charge is -2.43. The summed E-state index contributed by atoms with van der Waals surface area (Å²) in [7, 11) is -3.50. The molecule has 0 spiro atoms. The van der Waals surface area contributed by atoms with Gasteiger partial charge >= 0.3 is 0 Å². The molecule has 2 heterocycles. The molecule has 0 N–H and O–H groups in total. The van der Waals surface area contributed by atoms with Gasteiger partial charge in [0.25, 0.3) is 0 Å². The van der Waals surface area contributed by atoms with Crippen molar-refractivity contribution in [3.63, 3.8) is 0 Å². The maximum atomic E-state index is 12.8. The van der Waals surface area contributed by atoms with Gasteiger partial charge in [-0.05, 0) is 43.7 Å². The van der Waals surface area contributed by atoms with Crippen molar-refractivity contribution >= 4 is 10.0 Å². The van der Waals surface area contributed by atoms with Gasteiger partial charge in [0.15, 0.2) is 0 Å². The predicted molar refractivity (Wildman–Crippen MR) is 77.8 cm³/mol. The van der Waals surface area contributed by atoms with Crippen molar-refractivity contribution in [3.8, 4) is 6.07 Å². The van der Waals surface area contributed by atoms with Crippen LogP contribution in [0.25, 0.3) is 0 Å². The highest BCUT2D eigenvalue weighted by Crippen LogP contribution is 2.37. The first kappa shape index (κ1) is 14.5. The van der Waals surface area contributed by atoms with Crippen molar-refractivity contribution in [1.82, 2.24) is 9.29 Å². The van der Waals surface area contributed by atoms with Gasteiger partial charge in [-0.1, -0.05) is 12.8 Å². The van der Waals surface area contributed by atoms with E-state index < -0.39 is 10.0 Å². The first-order chi connectivity index (χ1) is 10.1. The van der Waals surface area contributed by atoms with Crippen LogP contribution < -0.4 is 0 Å². The maximum absolute atomic E-state index is 12.8.